The topological polar surface area (TPSA) is 77.8 Å². The van der Waals surface area contributed by atoms with Crippen LogP contribution in [0.3, 0.4) is 0 Å². The lowest BCUT2D eigenvalue weighted by Crippen LogP contribution is -2.46. The van der Waals surface area contributed by atoms with Gasteiger partial charge in [0.1, 0.15) is 6.26 Å². The molecule has 1 saturated heterocycles. The van der Waals surface area contributed by atoms with E-state index in [1.807, 2.05) is 0 Å². The molecular formula is C23H32N4O3. The number of furan rings is 1. The molecule has 1 aromatic heterocycles. The lowest BCUT2D eigenvalue weighted by Gasteiger charge is -2.36. The van der Waals surface area contributed by atoms with Crippen molar-refractivity contribution in [1.82, 2.24) is 15.5 Å². The number of hydrogen-bond acceptors (Lipinski definition) is 5. The Bertz CT molecular complexity index is 799. The van der Waals surface area contributed by atoms with Crippen molar-refractivity contribution in [2.45, 2.75) is 26.2 Å². The Morgan fingerprint density at radius 1 is 1.03 bits per heavy atom. The molecule has 0 aliphatic carbocycles. The van der Waals surface area contributed by atoms with Crippen molar-refractivity contribution < 1.29 is 14.0 Å². The SMILES string of the molecule is Cc1cccc(N2CCN(CCCCNC(=O)CCNC(=O)c3ccoc3)CC2)c1. The standard InChI is InChI=1S/C23H32N4O3/c1-19-5-4-6-21(17-19)27-14-12-26(13-15-27)11-3-2-9-24-22(28)7-10-25-23(29)20-8-16-30-18-20/h4-6,8,16-18H,2-3,7,9-15H2,1H3,(H,24,28)(H,25,29). The molecule has 162 valence electrons. The van der Waals surface area contributed by atoms with Gasteiger partial charge in [-0.25, -0.2) is 0 Å². The molecule has 0 radical (unpaired) electrons. The molecule has 7 heteroatoms. The third kappa shape index (κ3) is 6.91. The quantitative estimate of drug-likeness (QED) is 0.586. The summed E-state index contributed by atoms with van der Waals surface area (Å²) in [7, 11) is 0. The van der Waals surface area contributed by atoms with Crippen LogP contribution < -0.4 is 15.5 Å². The lowest BCUT2D eigenvalue weighted by atomic mass is 10.2. The molecule has 1 fully saturated rings. The molecule has 2 amide bonds. The highest BCUT2D eigenvalue weighted by Gasteiger charge is 2.16. The Kier molecular flexibility index (Phi) is 8.32. The number of hydrogen-bond donors (Lipinski definition) is 2. The zero-order valence-corrected chi connectivity index (χ0v) is 17.7. The first-order valence-electron chi connectivity index (χ1n) is 10.7. The fraction of sp³-hybridized carbons (Fsp3) is 0.478. The number of carbonyl (C=O) groups is 2. The summed E-state index contributed by atoms with van der Waals surface area (Å²) in [6.07, 6.45) is 5.15. The minimum atomic E-state index is -0.223. The molecule has 0 atom stereocenters. The Hall–Kier alpha value is -2.80. The highest BCUT2D eigenvalue weighted by molar-refractivity contribution is 5.94. The van der Waals surface area contributed by atoms with Crippen LogP contribution in [0, 0.1) is 6.92 Å². The van der Waals surface area contributed by atoms with Crippen LogP contribution in [0.1, 0.15) is 35.2 Å². The maximum absolute atomic E-state index is 11.9. The van der Waals surface area contributed by atoms with Crippen molar-refractivity contribution in [1.29, 1.82) is 0 Å². The second kappa shape index (κ2) is 11.4. The van der Waals surface area contributed by atoms with Crippen molar-refractivity contribution in [3.63, 3.8) is 0 Å². The summed E-state index contributed by atoms with van der Waals surface area (Å²) in [5.41, 5.74) is 3.09. The van der Waals surface area contributed by atoms with E-state index in [1.165, 1.54) is 23.8 Å². The summed E-state index contributed by atoms with van der Waals surface area (Å²) in [6.45, 7) is 8.48. The largest absolute Gasteiger partial charge is 0.472 e. The highest BCUT2D eigenvalue weighted by atomic mass is 16.3. The van der Waals surface area contributed by atoms with Gasteiger partial charge in [0.2, 0.25) is 5.91 Å². The summed E-state index contributed by atoms with van der Waals surface area (Å²) in [4.78, 5) is 28.6. The zero-order valence-electron chi connectivity index (χ0n) is 17.7. The van der Waals surface area contributed by atoms with Crippen LogP contribution in [0.4, 0.5) is 5.69 Å². The Balaban J connectivity index is 1.20. The Morgan fingerprint density at radius 2 is 1.87 bits per heavy atom. The number of piperazine rings is 1. The molecule has 2 N–H and O–H groups in total. The van der Waals surface area contributed by atoms with Gasteiger partial charge in [0.05, 0.1) is 11.8 Å². The summed E-state index contributed by atoms with van der Waals surface area (Å²) >= 11 is 0. The van der Waals surface area contributed by atoms with Gasteiger partial charge in [-0.1, -0.05) is 12.1 Å². The molecule has 2 aromatic rings. The summed E-state index contributed by atoms with van der Waals surface area (Å²) in [6, 6.07) is 10.3. The van der Waals surface area contributed by atoms with Gasteiger partial charge in [-0.2, -0.15) is 0 Å². The average molecular weight is 413 g/mol. The molecule has 3 rings (SSSR count). The van der Waals surface area contributed by atoms with Crippen molar-refractivity contribution in [2.24, 2.45) is 0 Å². The molecule has 7 nitrogen and oxygen atoms in total. The average Bonchev–Trinajstić information content (AvgIpc) is 3.29. The Labute approximate surface area is 178 Å². The fourth-order valence-electron chi connectivity index (χ4n) is 3.62. The van der Waals surface area contributed by atoms with E-state index in [2.05, 4.69) is 51.6 Å². The second-order valence-electron chi connectivity index (χ2n) is 7.74. The van der Waals surface area contributed by atoms with E-state index in [0.29, 0.717) is 18.7 Å². The van der Waals surface area contributed by atoms with Gasteiger partial charge in [0, 0.05) is 51.4 Å². The van der Waals surface area contributed by atoms with Crippen LogP contribution in [-0.4, -0.2) is 62.5 Å². The summed E-state index contributed by atoms with van der Waals surface area (Å²) in [5.74, 6) is -0.256. The molecule has 0 bridgehead atoms. The number of rotatable bonds is 10. The van der Waals surface area contributed by atoms with Gasteiger partial charge >= 0.3 is 0 Å². The smallest absolute Gasteiger partial charge is 0.254 e. The van der Waals surface area contributed by atoms with Crippen LogP contribution in [0.5, 0.6) is 0 Å². The predicted octanol–water partition coefficient (Wildman–Crippen LogP) is 2.43. The number of nitrogens with zero attached hydrogens (tertiary/aromatic N) is 2. The highest BCUT2D eigenvalue weighted by Crippen LogP contribution is 2.17. The maximum Gasteiger partial charge on any atom is 0.254 e. The van der Waals surface area contributed by atoms with Crippen molar-refractivity contribution in [3.8, 4) is 0 Å². The van der Waals surface area contributed by atoms with E-state index < -0.39 is 0 Å². The predicted molar refractivity (Wildman–Crippen MR) is 118 cm³/mol. The van der Waals surface area contributed by atoms with Crippen LogP contribution >= 0.6 is 0 Å². The first-order chi connectivity index (χ1) is 14.6. The summed E-state index contributed by atoms with van der Waals surface area (Å²) < 4.78 is 4.87. The van der Waals surface area contributed by atoms with E-state index in [4.69, 9.17) is 4.42 Å². The summed E-state index contributed by atoms with van der Waals surface area (Å²) in [5, 5.41) is 5.64. The minimum Gasteiger partial charge on any atom is -0.472 e. The van der Waals surface area contributed by atoms with Crippen molar-refractivity contribution >= 4 is 17.5 Å². The molecule has 1 aromatic carbocycles. The minimum absolute atomic E-state index is 0.0331. The van der Waals surface area contributed by atoms with E-state index >= 15 is 0 Å². The first-order valence-corrected chi connectivity index (χ1v) is 10.7. The molecule has 1 aliphatic heterocycles. The van der Waals surface area contributed by atoms with E-state index in [9.17, 15) is 9.59 Å². The van der Waals surface area contributed by atoms with Gasteiger partial charge in [-0.05, 0) is 50.1 Å². The van der Waals surface area contributed by atoms with E-state index in [0.717, 1.165) is 45.6 Å². The number of anilines is 1. The molecule has 0 saturated carbocycles. The normalized spacial score (nSPS) is 14.5. The van der Waals surface area contributed by atoms with Crippen molar-refractivity contribution in [3.05, 3.63) is 54.0 Å². The van der Waals surface area contributed by atoms with E-state index in [-0.39, 0.29) is 18.2 Å². The number of carbonyl (C=O) groups excluding carboxylic acids is 2. The van der Waals surface area contributed by atoms with Crippen LogP contribution in [0.2, 0.25) is 0 Å². The van der Waals surface area contributed by atoms with Crippen molar-refractivity contribution in [2.75, 3.05) is 50.7 Å². The van der Waals surface area contributed by atoms with Gasteiger partial charge in [-0.15, -0.1) is 0 Å². The molecule has 0 unspecified atom stereocenters. The van der Waals surface area contributed by atoms with Gasteiger partial charge < -0.3 is 20.0 Å². The number of amides is 2. The lowest BCUT2D eigenvalue weighted by molar-refractivity contribution is -0.120. The molecule has 0 spiro atoms. The second-order valence-corrected chi connectivity index (χ2v) is 7.74. The maximum atomic E-state index is 11.9. The Morgan fingerprint density at radius 3 is 2.60 bits per heavy atom. The van der Waals surface area contributed by atoms with Crippen LogP contribution in [0.15, 0.2) is 47.3 Å². The molecular weight excluding hydrogens is 380 g/mol. The fourth-order valence-corrected chi connectivity index (χ4v) is 3.62. The number of unbranched alkanes of at least 4 members (excludes halogenated alkanes) is 1. The third-order valence-electron chi connectivity index (χ3n) is 5.38. The van der Waals surface area contributed by atoms with Crippen LogP contribution in [-0.2, 0) is 4.79 Å². The monoisotopic (exact) mass is 412 g/mol. The number of benzene rings is 1. The van der Waals surface area contributed by atoms with Gasteiger partial charge in [0.15, 0.2) is 0 Å². The van der Waals surface area contributed by atoms with Gasteiger partial charge in [0.25, 0.3) is 5.91 Å². The molecule has 1 aliphatic rings. The zero-order chi connectivity index (χ0) is 21.2. The third-order valence-corrected chi connectivity index (χ3v) is 5.38. The van der Waals surface area contributed by atoms with E-state index in [1.54, 1.807) is 6.07 Å². The first kappa shape index (κ1) is 21.9. The molecule has 30 heavy (non-hydrogen) atoms. The molecule has 2 heterocycles. The number of nitrogens with one attached hydrogen (secondary N) is 2. The number of aryl methyl sites for hydroxylation is 1. The van der Waals surface area contributed by atoms with Gasteiger partial charge in [-0.3, -0.25) is 14.5 Å². The van der Waals surface area contributed by atoms with Crippen LogP contribution in [0.25, 0.3) is 0 Å².